The minimum atomic E-state index is -0.0430. The maximum atomic E-state index is 11.4. The van der Waals surface area contributed by atoms with E-state index in [4.69, 9.17) is 0 Å². The first-order chi connectivity index (χ1) is 6.63. The van der Waals surface area contributed by atoms with E-state index in [-0.39, 0.29) is 6.03 Å². The number of hydrogen-bond acceptors (Lipinski definition) is 3. The third kappa shape index (κ3) is 2.99. The molecule has 5 heteroatoms. The summed E-state index contributed by atoms with van der Waals surface area (Å²) in [6.45, 7) is 5.17. The summed E-state index contributed by atoms with van der Waals surface area (Å²) in [6, 6.07) is -0.0430. The summed E-state index contributed by atoms with van der Waals surface area (Å²) in [5.74, 6) is 0. The molecule has 0 spiro atoms. The van der Waals surface area contributed by atoms with Crippen molar-refractivity contribution in [1.29, 1.82) is 0 Å². The second kappa shape index (κ2) is 4.95. The zero-order valence-corrected chi connectivity index (χ0v) is 9.52. The van der Waals surface area contributed by atoms with Crippen LogP contribution in [0, 0.1) is 6.92 Å². The normalized spacial score (nSPS) is 9.93. The summed E-state index contributed by atoms with van der Waals surface area (Å²) >= 11 is 1.60. The number of aromatic nitrogens is 1. The number of nitrogens with one attached hydrogen (secondary N) is 1. The predicted octanol–water partition coefficient (Wildman–Crippen LogP) is 1.61. The molecule has 0 aliphatic heterocycles. The minimum Gasteiger partial charge on any atom is -0.333 e. The zero-order chi connectivity index (χ0) is 10.6. The Morgan fingerprint density at radius 2 is 2.43 bits per heavy atom. The molecule has 1 aromatic rings. The lowest BCUT2D eigenvalue weighted by Crippen LogP contribution is -2.36. The molecule has 0 saturated heterocycles. The molecule has 14 heavy (non-hydrogen) atoms. The van der Waals surface area contributed by atoms with Crippen molar-refractivity contribution in [3.63, 3.8) is 0 Å². The van der Waals surface area contributed by atoms with Gasteiger partial charge >= 0.3 is 6.03 Å². The topological polar surface area (TPSA) is 45.2 Å². The summed E-state index contributed by atoms with van der Waals surface area (Å²) in [4.78, 5) is 18.2. The number of thiazole rings is 1. The van der Waals surface area contributed by atoms with Gasteiger partial charge in [-0.25, -0.2) is 9.78 Å². The second-order valence-corrected chi connectivity index (χ2v) is 4.34. The van der Waals surface area contributed by atoms with Crippen LogP contribution in [0.3, 0.4) is 0 Å². The first-order valence-electron chi connectivity index (χ1n) is 4.53. The van der Waals surface area contributed by atoms with Gasteiger partial charge in [0.15, 0.2) is 0 Å². The highest BCUT2D eigenvalue weighted by Gasteiger charge is 2.05. The largest absolute Gasteiger partial charge is 0.333 e. The molecule has 0 atom stereocenters. The second-order valence-electron chi connectivity index (χ2n) is 3.02. The number of amides is 2. The Morgan fingerprint density at radius 3 is 2.93 bits per heavy atom. The molecule has 78 valence electrons. The van der Waals surface area contributed by atoms with Gasteiger partial charge in [0.2, 0.25) is 0 Å². The van der Waals surface area contributed by atoms with E-state index in [0.717, 1.165) is 9.88 Å². The Bertz CT molecular complexity index is 311. The molecule has 0 aliphatic rings. The van der Waals surface area contributed by atoms with Crippen molar-refractivity contribution in [3.8, 4) is 0 Å². The van der Waals surface area contributed by atoms with Crippen LogP contribution in [0.1, 0.15) is 16.8 Å². The third-order valence-electron chi connectivity index (χ3n) is 1.90. The van der Waals surface area contributed by atoms with E-state index in [9.17, 15) is 4.79 Å². The van der Waals surface area contributed by atoms with E-state index < -0.39 is 0 Å². The maximum Gasteiger partial charge on any atom is 0.317 e. The molecule has 0 saturated carbocycles. The first kappa shape index (κ1) is 11.0. The van der Waals surface area contributed by atoms with Crippen molar-refractivity contribution in [3.05, 3.63) is 16.1 Å². The lowest BCUT2D eigenvalue weighted by Gasteiger charge is -2.14. The molecule has 0 radical (unpaired) electrons. The van der Waals surface area contributed by atoms with E-state index >= 15 is 0 Å². The molecule has 0 bridgehead atoms. The number of aryl methyl sites for hydroxylation is 1. The lowest BCUT2D eigenvalue weighted by molar-refractivity contribution is 0.210. The highest BCUT2D eigenvalue weighted by molar-refractivity contribution is 7.11. The van der Waals surface area contributed by atoms with Gasteiger partial charge in [-0.3, -0.25) is 0 Å². The van der Waals surface area contributed by atoms with Gasteiger partial charge in [-0.15, -0.1) is 11.3 Å². The number of nitrogens with zero attached hydrogens (tertiary/aromatic N) is 2. The molecule has 0 aliphatic carbocycles. The Balaban J connectivity index is 2.37. The molecule has 4 nitrogen and oxygen atoms in total. The highest BCUT2D eigenvalue weighted by Crippen LogP contribution is 2.10. The van der Waals surface area contributed by atoms with Crippen molar-refractivity contribution in [2.24, 2.45) is 0 Å². The fourth-order valence-corrected chi connectivity index (χ4v) is 1.66. The summed E-state index contributed by atoms with van der Waals surface area (Å²) < 4.78 is 0. The molecular weight excluding hydrogens is 198 g/mol. The molecular formula is C9H15N3OS. The number of carbonyl (C=O) groups excluding carboxylic acids is 1. The Hall–Kier alpha value is -1.10. The van der Waals surface area contributed by atoms with Gasteiger partial charge in [-0.05, 0) is 13.8 Å². The van der Waals surface area contributed by atoms with Gasteiger partial charge in [0, 0.05) is 24.7 Å². The van der Waals surface area contributed by atoms with Crippen molar-refractivity contribution in [2.45, 2.75) is 20.4 Å². The minimum absolute atomic E-state index is 0.0430. The van der Waals surface area contributed by atoms with Crippen LogP contribution in [0.5, 0.6) is 0 Å². The highest BCUT2D eigenvalue weighted by atomic mass is 32.1. The van der Waals surface area contributed by atoms with Crippen molar-refractivity contribution in [2.75, 3.05) is 13.6 Å². The number of carbonyl (C=O) groups is 1. The van der Waals surface area contributed by atoms with E-state index in [1.807, 2.05) is 13.8 Å². The SMILES string of the molecule is CCN(C)C(=O)NCc1cnc(C)s1. The fraction of sp³-hybridized carbons (Fsp3) is 0.556. The van der Waals surface area contributed by atoms with Gasteiger partial charge in [-0.1, -0.05) is 0 Å². The van der Waals surface area contributed by atoms with Crippen LogP contribution in [-0.2, 0) is 6.54 Å². The van der Waals surface area contributed by atoms with Crippen LogP contribution in [0.25, 0.3) is 0 Å². The molecule has 2 amide bonds. The smallest absolute Gasteiger partial charge is 0.317 e. The third-order valence-corrected chi connectivity index (χ3v) is 2.82. The van der Waals surface area contributed by atoms with Gasteiger partial charge in [0.1, 0.15) is 0 Å². The van der Waals surface area contributed by atoms with Gasteiger partial charge in [0.25, 0.3) is 0 Å². The number of hydrogen-bond donors (Lipinski definition) is 1. The van der Waals surface area contributed by atoms with Crippen molar-refractivity contribution >= 4 is 17.4 Å². The summed E-state index contributed by atoms with van der Waals surface area (Å²) in [5.41, 5.74) is 0. The molecule has 0 fully saturated rings. The lowest BCUT2D eigenvalue weighted by atomic mass is 10.5. The van der Waals surface area contributed by atoms with Gasteiger partial charge < -0.3 is 10.2 Å². The van der Waals surface area contributed by atoms with Crippen molar-refractivity contribution < 1.29 is 4.79 Å². The van der Waals surface area contributed by atoms with E-state index in [1.54, 1.807) is 29.5 Å². The first-order valence-corrected chi connectivity index (χ1v) is 5.35. The quantitative estimate of drug-likeness (QED) is 0.829. The Morgan fingerprint density at radius 1 is 1.71 bits per heavy atom. The maximum absolute atomic E-state index is 11.4. The Labute approximate surface area is 88.0 Å². The molecule has 1 aromatic heterocycles. The monoisotopic (exact) mass is 213 g/mol. The van der Waals surface area contributed by atoms with Crippen LogP contribution < -0.4 is 5.32 Å². The summed E-state index contributed by atoms with van der Waals surface area (Å²) in [5, 5.41) is 3.85. The van der Waals surface area contributed by atoms with Crippen LogP contribution in [0.4, 0.5) is 4.79 Å². The van der Waals surface area contributed by atoms with Crippen LogP contribution in [-0.4, -0.2) is 29.5 Å². The molecule has 1 N–H and O–H groups in total. The number of rotatable bonds is 3. The average Bonchev–Trinajstić information content (AvgIpc) is 2.59. The predicted molar refractivity (Wildman–Crippen MR) is 57.4 cm³/mol. The van der Waals surface area contributed by atoms with Crippen LogP contribution in [0.15, 0.2) is 6.20 Å². The van der Waals surface area contributed by atoms with E-state index in [1.165, 1.54) is 0 Å². The van der Waals surface area contributed by atoms with Crippen LogP contribution in [0.2, 0.25) is 0 Å². The van der Waals surface area contributed by atoms with Crippen LogP contribution >= 0.6 is 11.3 Å². The molecule has 0 aromatic carbocycles. The Kier molecular flexibility index (Phi) is 3.88. The van der Waals surface area contributed by atoms with Gasteiger partial charge in [-0.2, -0.15) is 0 Å². The van der Waals surface area contributed by atoms with E-state index in [2.05, 4.69) is 10.3 Å². The van der Waals surface area contributed by atoms with E-state index in [0.29, 0.717) is 13.1 Å². The van der Waals surface area contributed by atoms with Gasteiger partial charge in [0.05, 0.1) is 11.6 Å². The molecule has 1 heterocycles. The molecule has 1 rings (SSSR count). The zero-order valence-electron chi connectivity index (χ0n) is 8.70. The standard InChI is InChI=1S/C9H15N3OS/c1-4-12(3)9(13)11-6-8-5-10-7(2)14-8/h5H,4,6H2,1-3H3,(H,11,13). The summed E-state index contributed by atoms with van der Waals surface area (Å²) in [6.07, 6.45) is 1.80. The van der Waals surface area contributed by atoms with Crippen molar-refractivity contribution in [1.82, 2.24) is 15.2 Å². The fourth-order valence-electron chi connectivity index (χ4n) is 0.928. The molecule has 0 unspecified atom stereocenters. The summed E-state index contributed by atoms with van der Waals surface area (Å²) in [7, 11) is 1.77. The average molecular weight is 213 g/mol. The number of urea groups is 1.